The smallest absolute Gasteiger partial charge is 0.220 e. The molecule has 1 aliphatic carbocycles. The molecule has 0 aromatic heterocycles. The summed E-state index contributed by atoms with van der Waals surface area (Å²) in [5, 5.41) is 2.89. The fraction of sp³-hybridized carbons (Fsp3) is 0.500. The van der Waals surface area contributed by atoms with Crippen molar-refractivity contribution in [3.8, 4) is 0 Å². The van der Waals surface area contributed by atoms with E-state index < -0.39 is 5.82 Å². The fourth-order valence-corrected chi connectivity index (χ4v) is 2.68. The summed E-state index contributed by atoms with van der Waals surface area (Å²) in [5.41, 5.74) is 6.72. The predicted molar refractivity (Wildman–Crippen MR) is 73.2 cm³/mol. The maximum atomic E-state index is 13.0. The van der Waals surface area contributed by atoms with Gasteiger partial charge < -0.3 is 11.1 Å². The second-order valence-corrected chi connectivity index (χ2v) is 5.49. The molecule has 2 rings (SSSR count). The van der Waals surface area contributed by atoms with E-state index in [1.165, 1.54) is 12.1 Å². The third kappa shape index (κ3) is 3.91. The number of rotatable bonds is 4. The van der Waals surface area contributed by atoms with E-state index >= 15 is 0 Å². The van der Waals surface area contributed by atoms with E-state index in [4.69, 9.17) is 17.3 Å². The molecule has 1 aromatic carbocycles. The number of hydrogen-bond acceptors (Lipinski definition) is 2. The second-order valence-electron chi connectivity index (χ2n) is 5.08. The molecule has 104 valence electrons. The Bertz CT molecular complexity index is 467. The van der Waals surface area contributed by atoms with Crippen LogP contribution in [0.25, 0.3) is 0 Å². The largest absolute Gasteiger partial charge is 0.352 e. The lowest BCUT2D eigenvalue weighted by Gasteiger charge is -2.14. The van der Waals surface area contributed by atoms with Gasteiger partial charge in [-0.25, -0.2) is 4.39 Å². The summed E-state index contributed by atoms with van der Waals surface area (Å²) in [6.45, 7) is 0.362. The zero-order chi connectivity index (χ0) is 13.8. The number of amides is 1. The van der Waals surface area contributed by atoms with E-state index in [2.05, 4.69) is 5.32 Å². The number of benzene rings is 1. The van der Waals surface area contributed by atoms with Crippen LogP contribution >= 0.6 is 11.6 Å². The van der Waals surface area contributed by atoms with Gasteiger partial charge in [-0.2, -0.15) is 0 Å². The molecule has 5 heteroatoms. The van der Waals surface area contributed by atoms with E-state index in [1.54, 1.807) is 6.07 Å². The standard InChI is InChI=1S/C14H18ClFN2O/c15-11-6-9(4-5-12(11)16)8-18-14(19)7-10-2-1-3-13(10)17/h4-6,10,13H,1-3,7-8,17H2,(H,18,19)/t10-,13+/m0/s1. The minimum absolute atomic E-state index is 0.0113. The topological polar surface area (TPSA) is 55.1 Å². The van der Waals surface area contributed by atoms with E-state index in [0.29, 0.717) is 13.0 Å². The highest BCUT2D eigenvalue weighted by molar-refractivity contribution is 6.30. The van der Waals surface area contributed by atoms with Crippen LogP contribution in [0.2, 0.25) is 5.02 Å². The molecule has 0 heterocycles. The maximum absolute atomic E-state index is 13.0. The average Bonchev–Trinajstić information content (AvgIpc) is 2.77. The van der Waals surface area contributed by atoms with Crippen LogP contribution in [0.4, 0.5) is 4.39 Å². The van der Waals surface area contributed by atoms with E-state index in [9.17, 15) is 9.18 Å². The molecule has 0 spiro atoms. The Kier molecular flexibility index (Phi) is 4.77. The predicted octanol–water partition coefficient (Wildman–Crippen LogP) is 2.61. The summed E-state index contributed by atoms with van der Waals surface area (Å²) < 4.78 is 13.0. The maximum Gasteiger partial charge on any atom is 0.220 e. The van der Waals surface area contributed by atoms with Crippen molar-refractivity contribution in [3.05, 3.63) is 34.6 Å². The SMILES string of the molecule is N[C@@H]1CCC[C@H]1CC(=O)NCc1ccc(F)c(Cl)c1. The van der Waals surface area contributed by atoms with Crippen LogP contribution < -0.4 is 11.1 Å². The number of carbonyl (C=O) groups excluding carboxylic acids is 1. The summed E-state index contributed by atoms with van der Waals surface area (Å²) >= 11 is 5.68. The van der Waals surface area contributed by atoms with Gasteiger partial charge in [0.05, 0.1) is 5.02 Å². The highest BCUT2D eigenvalue weighted by Crippen LogP contribution is 2.26. The third-order valence-electron chi connectivity index (χ3n) is 3.64. The Morgan fingerprint density at radius 2 is 2.26 bits per heavy atom. The van der Waals surface area contributed by atoms with Gasteiger partial charge in [0.1, 0.15) is 5.82 Å². The molecule has 0 radical (unpaired) electrons. The number of halogens is 2. The molecule has 0 unspecified atom stereocenters. The molecule has 2 atom stereocenters. The van der Waals surface area contributed by atoms with E-state index in [0.717, 1.165) is 24.8 Å². The first-order valence-corrected chi connectivity index (χ1v) is 6.90. The van der Waals surface area contributed by atoms with Crippen molar-refractivity contribution >= 4 is 17.5 Å². The molecular formula is C14H18ClFN2O. The molecule has 0 saturated heterocycles. The molecule has 19 heavy (non-hydrogen) atoms. The van der Waals surface area contributed by atoms with Gasteiger partial charge >= 0.3 is 0 Å². The molecular weight excluding hydrogens is 267 g/mol. The summed E-state index contributed by atoms with van der Waals surface area (Å²) in [5.74, 6) is -0.173. The highest BCUT2D eigenvalue weighted by Gasteiger charge is 2.25. The van der Waals surface area contributed by atoms with Crippen LogP contribution in [0, 0.1) is 11.7 Å². The first kappa shape index (κ1) is 14.3. The van der Waals surface area contributed by atoms with E-state index in [-0.39, 0.29) is 22.9 Å². The Morgan fingerprint density at radius 3 is 2.89 bits per heavy atom. The molecule has 0 bridgehead atoms. The quantitative estimate of drug-likeness (QED) is 0.893. The first-order chi connectivity index (χ1) is 9.06. The van der Waals surface area contributed by atoms with Crippen molar-refractivity contribution < 1.29 is 9.18 Å². The van der Waals surface area contributed by atoms with Crippen LogP contribution in [0.1, 0.15) is 31.2 Å². The lowest BCUT2D eigenvalue weighted by molar-refractivity contribution is -0.122. The molecule has 1 saturated carbocycles. The minimum atomic E-state index is -0.450. The van der Waals surface area contributed by atoms with Gasteiger partial charge in [0.25, 0.3) is 0 Å². The normalized spacial score (nSPS) is 22.5. The van der Waals surface area contributed by atoms with E-state index in [1.807, 2.05) is 0 Å². The molecule has 0 aliphatic heterocycles. The first-order valence-electron chi connectivity index (χ1n) is 6.52. The Hall–Kier alpha value is -1.13. The van der Waals surface area contributed by atoms with Crippen LogP contribution in [0.3, 0.4) is 0 Å². The van der Waals surface area contributed by atoms with Crippen molar-refractivity contribution in [1.82, 2.24) is 5.32 Å². The van der Waals surface area contributed by atoms with Crippen molar-refractivity contribution in [2.75, 3.05) is 0 Å². The number of nitrogens with one attached hydrogen (secondary N) is 1. The third-order valence-corrected chi connectivity index (χ3v) is 3.93. The molecule has 1 fully saturated rings. The second kappa shape index (κ2) is 6.35. The van der Waals surface area contributed by atoms with Gasteiger partial charge in [-0.1, -0.05) is 24.1 Å². The summed E-state index contributed by atoms with van der Waals surface area (Å²) in [6, 6.07) is 4.59. The lowest BCUT2D eigenvalue weighted by atomic mass is 10.00. The summed E-state index contributed by atoms with van der Waals surface area (Å²) in [4.78, 5) is 11.8. The lowest BCUT2D eigenvalue weighted by Crippen LogP contribution is -2.31. The zero-order valence-corrected chi connectivity index (χ0v) is 11.4. The van der Waals surface area contributed by atoms with Gasteiger partial charge in [-0.15, -0.1) is 0 Å². The minimum Gasteiger partial charge on any atom is -0.352 e. The van der Waals surface area contributed by atoms with Crippen LogP contribution in [0.5, 0.6) is 0 Å². The number of carbonyl (C=O) groups is 1. The van der Waals surface area contributed by atoms with Gasteiger partial charge in [-0.05, 0) is 36.5 Å². The molecule has 3 N–H and O–H groups in total. The molecule has 1 aliphatic rings. The average molecular weight is 285 g/mol. The fourth-order valence-electron chi connectivity index (χ4n) is 2.48. The van der Waals surface area contributed by atoms with Crippen molar-refractivity contribution in [2.45, 2.75) is 38.3 Å². The van der Waals surface area contributed by atoms with Crippen molar-refractivity contribution in [2.24, 2.45) is 11.7 Å². The monoisotopic (exact) mass is 284 g/mol. The van der Waals surface area contributed by atoms with Crippen molar-refractivity contribution in [3.63, 3.8) is 0 Å². The van der Waals surface area contributed by atoms with Gasteiger partial charge in [0.2, 0.25) is 5.91 Å². The highest BCUT2D eigenvalue weighted by atomic mass is 35.5. The molecule has 1 aromatic rings. The van der Waals surface area contributed by atoms with Crippen LogP contribution in [-0.4, -0.2) is 11.9 Å². The van der Waals surface area contributed by atoms with Crippen molar-refractivity contribution in [1.29, 1.82) is 0 Å². The van der Waals surface area contributed by atoms with Gasteiger partial charge in [0, 0.05) is 19.0 Å². The van der Waals surface area contributed by atoms with Crippen LogP contribution in [0.15, 0.2) is 18.2 Å². The summed E-state index contributed by atoms with van der Waals surface area (Å²) in [7, 11) is 0. The zero-order valence-electron chi connectivity index (χ0n) is 10.7. The number of nitrogens with two attached hydrogens (primary N) is 1. The van der Waals surface area contributed by atoms with Crippen LogP contribution in [-0.2, 0) is 11.3 Å². The molecule has 3 nitrogen and oxygen atoms in total. The van der Waals surface area contributed by atoms with Gasteiger partial charge in [0.15, 0.2) is 0 Å². The Morgan fingerprint density at radius 1 is 1.47 bits per heavy atom. The molecule has 1 amide bonds. The Balaban J connectivity index is 1.81. The number of hydrogen-bond donors (Lipinski definition) is 2. The summed E-state index contributed by atoms with van der Waals surface area (Å²) in [6.07, 6.45) is 3.60. The van der Waals surface area contributed by atoms with Gasteiger partial charge in [-0.3, -0.25) is 4.79 Å². The Labute approximate surface area is 117 Å².